The molecule has 2 heterocycles. The number of hydrogen-bond donors (Lipinski definition) is 2. The number of rotatable bonds is 0. The molecule has 0 aliphatic rings. The summed E-state index contributed by atoms with van der Waals surface area (Å²) < 4.78 is 2.01. The maximum atomic E-state index is 11.4. The fraction of sp³-hybridized carbons (Fsp3) is 0.143. The average molecular weight is 277 g/mol. The monoisotopic (exact) mass is 276 g/mol. The van der Waals surface area contributed by atoms with E-state index in [-0.39, 0.29) is 5.56 Å². The van der Waals surface area contributed by atoms with Crippen molar-refractivity contribution >= 4 is 49.7 Å². The molecule has 0 saturated carbocycles. The number of halogens is 1. The van der Waals surface area contributed by atoms with Gasteiger partial charge in [-0.2, -0.15) is 0 Å². The van der Waals surface area contributed by atoms with E-state index in [1.807, 2.05) is 6.92 Å². The van der Waals surface area contributed by atoms with Gasteiger partial charge in [-0.25, -0.2) is 0 Å². The molecule has 6 heteroatoms. The van der Waals surface area contributed by atoms with E-state index in [4.69, 9.17) is 12.2 Å². The first-order chi connectivity index (χ1) is 6.09. The van der Waals surface area contributed by atoms with Gasteiger partial charge in [0.15, 0.2) is 4.77 Å². The minimum absolute atomic E-state index is 0.127. The molecule has 0 radical (unpaired) electrons. The summed E-state index contributed by atoms with van der Waals surface area (Å²) in [6, 6.07) is 0. The summed E-state index contributed by atoms with van der Waals surface area (Å²) in [5, 5.41) is 0. The standard InChI is InChI=1S/C7H5BrN2OS2/c1-2-3-4(13-5(2)8)6(11)10-7(12)9-3/h1H3,(H2,9,10,11,12). The van der Waals surface area contributed by atoms with Crippen LogP contribution in [0.1, 0.15) is 5.56 Å². The van der Waals surface area contributed by atoms with Crippen LogP contribution in [0.15, 0.2) is 8.58 Å². The topological polar surface area (TPSA) is 48.6 Å². The van der Waals surface area contributed by atoms with Gasteiger partial charge in [0.2, 0.25) is 0 Å². The second-order valence-electron chi connectivity index (χ2n) is 2.61. The van der Waals surface area contributed by atoms with E-state index in [1.165, 1.54) is 11.3 Å². The molecule has 2 aromatic heterocycles. The Morgan fingerprint density at radius 2 is 2.15 bits per heavy atom. The summed E-state index contributed by atoms with van der Waals surface area (Å²) in [5.41, 5.74) is 1.72. The minimum atomic E-state index is -0.127. The smallest absolute Gasteiger partial charge is 0.269 e. The molecule has 0 aliphatic carbocycles. The Bertz CT molecular complexity index is 580. The van der Waals surface area contributed by atoms with Gasteiger partial charge in [0.25, 0.3) is 5.56 Å². The van der Waals surface area contributed by atoms with Crippen LogP contribution in [-0.2, 0) is 0 Å². The SMILES string of the molecule is Cc1c(Br)sc2c(=O)[nH]c(=S)[nH]c12. The number of H-pyrrole nitrogens is 2. The molecule has 0 aliphatic heterocycles. The first-order valence-corrected chi connectivity index (χ1v) is 5.52. The molecular formula is C7H5BrN2OS2. The highest BCUT2D eigenvalue weighted by Crippen LogP contribution is 2.30. The van der Waals surface area contributed by atoms with Gasteiger partial charge < -0.3 is 4.98 Å². The van der Waals surface area contributed by atoms with E-state index >= 15 is 0 Å². The summed E-state index contributed by atoms with van der Waals surface area (Å²) in [7, 11) is 0. The lowest BCUT2D eigenvalue weighted by Gasteiger charge is -1.90. The van der Waals surface area contributed by atoms with Crippen molar-refractivity contribution in [2.75, 3.05) is 0 Å². The van der Waals surface area contributed by atoms with Crippen molar-refractivity contribution in [2.45, 2.75) is 6.92 Å². The first kappa shape index (κ1) is 9.11. The van der Waals surface area contributed by atoms with E-state index in [1.54, 1.807) is 0 Å². The van der Waals surface area contributed by atoms with Gasteiger partial charge in [-0.15, -0.1) is 11.3 Å². The Morgan fingerprint density at radius 3 is 2.85 bits per heavy atom. The molecule has 13 heavy (non-hydrogen) atoms. The van der Waals surface area contributed by atoms with E-state index in [0.717, 1.165) is 14.9 Å². The number of aryl methyl sites for hydroxylation is 1. The molecule has 0 bridgehead atoms. The van der Waals surface area contributed by atoms with Crippen LogP contribution in [0.4, 0.5) is 0 Å². The number of fused-ring (bicyclic) bond motifs is 1. The zero-order valence-corrected chi connectivity index (χ0v) is 9.82. The first-order valence-electron chi connectivity index (χ1n) is 3.51. The summed E-state index contributed by atoms with van der Waals surface area (Å²) in [4.78, 5) is 16.9. The molecule has 0 spiro atoms. The van der Waals surface area contributed by atoms with Crippen molar-refractivity contribution in [3.63, 3.8) is 0 Å². The van der Waals surface area contributed by atoms with Gasteiger partial charge in [-0.05, 0) is 40.6 Å². The third kappa shape index (κ3) is 1.38. The minimum Gasteiger partial charge on any atom is -0.331 e. The Kier molecular flexibility index (Phi) is 2.13. The Labute approximate surface area is 90.9 Å². The molecule has 68 valence electrons. The van der Waals surface area contributed by atoms with Crippen LogP contribution in [0, 0.1) is 11.7 Å². The predicted octanol–water partition coefficient (Wildman–Crippen LogP) is 2.72. The third-order valence-electron chi connectivity index (χ3n) is 1.76. The van der Waals surface area contributed by atoms with Crippen LogP contribution in [0.2, 0.25) is 0 Å². The van der Waals surface area contributed by atoms with Crippen LogP contribution in [0.3, 0.4) is 0 Å². The van der Waals surface area contributed by atoms with E-state index < -0.39 is 0 Å². The van der Waals surface area contributed by atoms with Gasteiger partial charge >= 0.3 is 0 Å². The van der Waals surface area contributed by atoms with Crippen molar-refractivity contribution < 1.29 is 0 Å². The number of aromatic amines is 2. The highest BCUT2D eigenvalue weighted by molar-refractivity contribution is 9.11. The summed E-state index contributed by atoms with van der Waals surface area (Å²) in [5.74, 6) is 0. The van der Waals surface area contributed by atoms with Crippen molar-refractivity contribution in [3.8, 4) is 0 Å². The second-order valence-corrected chi connectivity index (χ2v) is 5.36. The van der Waals surface area contributed by atoms with Crippen molar-refractivity contribution in [2.24, 2.45) is 0 Å². The number of aromatic nitrogens is 2. The van der Waals surface area contributed by atoms with Gasteiger partial charge in [0.05, 0.1) is 9.30 Å². The maximum absolute atomic E-state index is 11.4. The molecule has 0 saturated heterocycles. The number of thiophene rings is 1. The predicted molar refractivity (Wildman–Crippen MR) is 60.1 cm³/mol. The number of hydrogen-bond acceptors (Lipinski definition) is 3. The van der Waals surface area contributed by atoms with Gasteiger partial charge in [-0.3, -0.25) is 9.78 Å². The van der Waals surface area contributed by atoms with Crippen LogP contribution >= 0.6 is 39.5 Å². The molecule has 0 fully saturated rings. The van der Waals surface area contributed by atoms with Crippen LogP contribution in [0.25, 0.3) is 10.2 Å². The molecule has 2 rings (SSSR count). The molecule has 2 aromatic rings. The molecule has 0 atom stereocenters. The Morgan fingerprint density at radius 1 is 1.46 bits per heavy atom. The van der Waals surface area contributed by atoms with Crippen LogP contribution in [-0.4, -0.2) is 9.97 Å². The summed E-state index contributed by atoms with van der Waals surface area (Å²) >= 11 is 9.66. The fourth-order valence-corrected chi connectivity index (χ4v) is 2.86. The normalized spacial score (nSPS) is 10.9. The Hall–Kier alpha value is -0.460. The highest BCUT2D eigenvalue weighted by atomic mass is 79.9. The lowest BCUT2D eigenvalue weighted by atomic mass is 10.3. The highest BCUT2D eigenvalue weighted by Gasteiger charge is 2.08. The van der Waals surface area contributed by atoms with E-state index in [0.29, 0.717) is 9.47 Å². The molecule has 0 unspecified atom stereocenters. The summed E-state index contributed by atoms with van der Waals surface area (Å²) in [6.07, 6.45) is 0. The quantitative estimate of drug-likeness (QED) is 0.727. The van der Waals surface area contributed by atoms with E-state index in [9.17, 15) is 4.79 Å². The molecule has 0 amide bonds. The van der Waals surface area contributed by atoms with Crippen molar-refractivity contribution in [1.29, 1.82) is 0 Å². The third-order valence-corrected chi connectivity index (χ3v) is 4.12. The van der Waals surface area contributed by atoms with E-state index in [2.05, 4.69) is 25.9 Å². The fourth-order valence-electron chi connectivity index (χ4n) is 1.10. The van der Waals surface area contributed by atoms with Crippen molar-refractivity contribution in [3.05, 3.63) is 24.5 Å². The largest absolute Gasteiger partial charge is 0.331 e. The maximum Gasteiger partial charge on any atom is 0.269 e. The zero-order chi connectivity index (χ0) is 9.59. The molecule has 3 nitrogen and oxygen atoms in total. The molecular weight excluding hydrogens is 272 g/mol. The average Bonchev–Trinajstić information content (AvgIpc) is 2.32. The van der Waals surface area contributed by atoms with Gasteiger partial charge in [0, 0.05) is 0 Å². The number of nitrogens with one attached hydrogen (secondary N) is 2. The lowest BCUT2D eigenvalue weighted by Crippen LogP contribution is -2.05. The van der Waals surface area contributed by atoms with Crippen LogP contribution in [0.5, 0.6) is 0 Å². The lowest BCUT2D eigenvalue weighted by molar-refractivity contribution is 1.14. The van der Waals surface area contributed by atoms with Gasteiger partial charge in [-0.1, -0.05) is 0 Å². The second kappa shape index (κ2) is 3.04. The van der Waals surface area contributed by atoms with Crippen LogP contribution < -0.4 is 5.56 Å². The molecule has 2 N–H and O–H groups in total. The Balaban J connectivity index is 3.12. The summed E-state index contributed by atoms with van der Waals surface area (Å²) in [6.45, 7) is 1.94. The van der Waals surface area contributed by atoms with Crippen molar-refractivity contribution in [1.82, 2.24) is 9.97 Å². The van der Waals surface area contributed by atoms with Gasteiger partial charge in [0.1, 0.15) is 4.70 Å². The zero-order valence-electron chi connectivity index (χ0n) is 6.60. The molecule has 0 aromatic carbocycles.